The standard InChI is InChI=1S/C21H41N5O3/c1-7-22-19(26-9-8-18(16-26)25-10-12-28-13-11-25)23-14-17(2)15-24(6)20(27)29-21(3,4)5/h17-18H,7-16H2,1-6H3,(H,22,23). The third kappa shape index (κ3) is 8.01. The number of likely N-dealkylation sites (tertiary alicyclic amines) is 1. The smallest absolute Gasteiger partial charge is 0.410 e. The second-order valence-electron chi connectivity index (χ2n) is 9.20. The van der Waals surface area contributed by atoms with E-state index in [2.05, 4.69) is 29.0 Å². The van der Waals surface area contributed by atoms with Crippen LogP contribution in [0.4, 0.5) is 4.79 Å². The van der Waals surface area contributed by atoms with Gasteiger partial charge in [-0.2, -0.15) is 0 Å². The van der Waals surface area contributed by atoms with Crippen molar-refractivity contribution in [2.45, 2.75) is 52.7 Å². The molecular weight excluding hydrogens is 370 g/mol. The number of rotatable bonds is 6. The summed E-state index contributed by atoms with van der Waals surface area (Å²) in [4.78, 5) is 23.6. The Hall–Kier alpha value is -1.54. The summed E-state index contributed by atoms with van der Waals surface area (Å²) in [6.07, 6.45) is 0.884. The van der Waals surface area contributed by atoms with Crippen molar-refractivity contribution in [3.05, 3.63) is 0 Å². The Bertz CT molecular complexity index is 543. The maximum Gasteiger partial charge on any atom is 0.410 e. The quantitative estimate of drug-likeness (QED) is 0.531. The Morgan fingerprint density at radius 3 is 2.62 bits per heavy atom. The van der Waals surface area contributed by atoms with Gasteiger partial charge in [-0.3, -0.25) is 9.89 Å². The molecule has 8 heteroatoms. The number of hydrogen-bond acceptors (Lipinski definition) is 5. The Labute approximate surface area is 176 Å². The maximum atomic E-state index is 12.2. The number of hydrogen-bond donors (Lipinski definition) is 1. The van der Waals surface area contributed by atoms with E-state index in [1.54, 1.807) is 11.9 Å². The summed E-state index contributed by atoms with van der Waals surface area (Å²) in [5.74, 6) is 1.23. The van der Waals surface area contributed by atoms with Crippen molar-refractivity contribution in [2.75, 3.05) is 66.1 Å². The number of nitrogens with zero attached hydrogens (tertiary/aromatic N) is 4. The van der Waals surface area contributed by atoms with Crippen LogP contribution in [-0.4, -0.2) is 104 Å². The van der Waals surface area contributed by atoms with E-state index < -0.39 is 5.60 Å². The van der Waals surface area contributed by atoms with E-state index in [-0.39, 0.29) is 12.0 Å². The summed E-state index contributed by atoms with van der Waals surface area (Å²) < 4.78 is 10.9. The molecule has 0 radical (unpaired) electrons. The van der Waals surface area contributed by atoms with Gasteiger partial charge in [0.1, 0.15) is 5.60 Å². The van der Waals surface area contributed by atoms with Crippen LogP contribution in [0.25, 0.3) is 0 Å². The van der Waals surface area contributed by atoms with Gasteiger partial charge < -0.3 is 24.6 Å². The fourth-order valence-corrected chi connectivity index (χ4v) is 3.78. The van der Waals surface area contributed by atoms with E-state index in [9.17, 15) is 4.79 Å². The fourth-order valence-electron chi connectivity index (χ4n) is 3.78. The average Bonchev–Trinajstić information content (AvgIpc) is 3.14. The minimum atomic E-state index is -0.474. The predicted molar refractivity (Wildman–Crippen MR) is 116 cm³/mol. The number of nitrogens with one attached hydrogen (secondary N) is 1. The molecule has 0 saturated carbocycles. The summed E-state index contributed by atoms with van der Waals surface area (Å²) >= 11 is 0. The van der Waals surface area contributed by atoms with E-state index in [4.69, 9.17) is 14.5 Å². The van der Waals surface area contributed by atoms with Crippen LogP contribution >= 0.6 is 0 Å². The van der Waals surface area contributed by atoms with Crippen LogP contribution in [-0.2, 0) is 9.47 Å². The van der Waals surface area contributed by atoms with Crippen molar-refractivity contribution in [3.63, 3.8) is 0 Å². The van der Waals surface area contributed by atoms with Crippen molar-refractivity contribution in [3.8, 4) is 0 Å². The summed E-state index contributed by atoms with van der Waals surface area (Å²) in [5, 5.41) is 3.44. The van der Waals surface area contributed by atoms with Gasteiger partial charge >= 0.3 is 6.09 Å². The first-order valence-electron chi connectivity index (χ1n) is 11.0. The lowest BCUT2D eigenvalue weighted by Crippen LogP contribution is -2.46. The molecule has 2 aliphatic rings. The Morgan fingerprint density at radius 2 is 2.00 bits per heavy atom. The molecule has 2 heterocycles. The van der Waals surface area contributed by atoms with Crippen molar-refractivity contribution in [1.82, 2.24) is 20.0 Å². The molecular formula is C21H41N5O3. The molecule has 29 heavy (non-hydrogen) atoms. The highest BCUT2D eigenvalue weighted by atomic mass is 16.6. The number of morpholine rings is 1. The highest BCUT2D eigenvalue weighted by Crippen LogP contribution is 2.17. The van der Waals surface area contributed by atoms with Crippen LogP contribution in [0.15, 0.2) is 4.99 Å². The van der Waals surface area contributed by atoms with Crippen LogP contribution in [0, 0.1) is 5.92 Å². The lowest BCUT2D eigenvalue weighted by molar-refractivity contribution is 0.0195. The number of aliphatic imine (C=N–C) groups is 1. The maximum absolute atomic E-state index is 12.2. The van der Waals surface area contributed by atoms with Gasteiger partial charge in [-0.05, 0) is 40.0 Å². The van der Waals surface area contributed by atoms with Gasteiger partial charge in [0, 0.05) is 58.9 Å². The van der Waals surface area contributed by atoms with Gasteiger partial charge in [-0.1, -0.05) is 6.92 Å². The molecule has 2 unspecified atom stereocenters. The predicted octanol–water partition coefficient (Wildman–Crippen LogP) is 1.86. The molecule has 0 spiro atoms. The fraction of sp³-hybridized carbons (Fsp3) is 0.905. The second kappa shape index (κ2) is 11.0. The highest BCUT2D eigenvalue weighted by Gasteiger charge is 2.30. The van der Waals surface area contributed by atoms with Gasteiger partial charge in [0.25, 0.3) is 0 Å². The van der Waals surface area contributed by atoms with Crippen LogP contribution in [0.5, 0.6) is 0 Å². The Balaban J connectivity index is 1.85. The van der Waals surface area contributed by atoms with Gasteiger partial charge in [0.2, 0.25) is 0 Å². The molecule has 168 valence electrons. The van der Waals surface area contributed by atoms with E-state index in [0.717, 1.165) is 51.9 Å². The number of guanidine groups is 1. The lowest BCUT2D eigenvalue weighted by Gasteiger charge is -2.32. The normalized spacial score (nSPS) is 22.5. The van der Waals surface area contributed by atoms with Gasteiger partial charge in [0.15, 0.2) is 5.96 Å². The minimum Gasteiger partial charge on any atom is -0.444 e. The van der Waals surface area contributed by atoms with Crippen LogP contribution < -0.4 is 5.32 Å². The third-order valence-corrected chi connectivity index (χ3v) is 5.20. The molecule has 0 aromatic rings. The Morgan fingerprint density at radius 1 is 1.31 bits per heavy atom. The monoisotopic (exact) mass is 411 g/mol. The molecule has 1 N–H and O–H groups in total. The second-order valence-corrected chi connectivity index (χ2v) is 9.20. The number of amides is 1. The molecule has 0 aliphatic carbocycles. The first-order chi connectivity index (χ1) is 13.7. The molecule has 2 atom stereocenters. The summed E-state index contributed by atoms with van der Waals surface area (Å²) in [6, 6.07) is 0.582. The summed E-state index contributed by atoms with van der Waals surface area (Å²) in [6.45, 7) is 17.8. The van der Waals surface area contributed by atoms with Gasteiger partial charge in [-0.25, -0.2) is 4.79 Å². The molecule has 0 aromatic carbocycles. The first kappa shape index (κ1) is 23.7. The summed E-state index contributed by atoms with van der Waals surface area (Å²) in [7, 11) is 1.78. The summed E-state index contributed by atoms with van der Waals surface area (Å²) in [5.41, 5.74) is -0.474. The largest absolute Gasteiger partial charge is 0.444 e. The van der Waals surface area contributed by atoms with E-state index in [1.807, 2.05) is 20.8 Å². The molecule has 2 aliphatic heterocycles. The highest BCUT2D eigenvalue weighted by molar-refractivity contribution is 5.80. The van der Waals surface area contributed by atoms with Crippen LogP contribution in [0.2, 0.25) is 0 Å². The molecule has 2 saturated heterocycles. The van der Waals surface area contributed by atoms with Crippen molar-refractivity contribution in [1.29, 1.82) is 0 Å². The molecule has 0 bridgehead atoms. The van der Waals surface area contributed by atoms with Crippen molar-refractivity contribution >= 4 is 12.1 Å². The first-order valence-corrected chi connectivity index (χ1v) is 11.0. The molecule has 1 amide bonds. The molecule has 2 fully saturated rings. The minimum absolute atomic E-state index is 0.249. The van der Waals surface area contributed by atoms with E-state index in [0.29, 0.717) is 19.1 Å². The van der Waals surface area contributed by atoms with Gasteiger partial charge in [0.05, 0.1) is 13.2 Å². The van der Waals surface area contributed by atoms with Crippen LogP contribution in [0.1, 0.15) is 41.0 Å². The topological polar surface area (TPSA) is 69.6 Å². The zero-order valence-corrected chi connectivity index (χ0v) is 19.2. The van der Waals surface area contributed by atoms with Crippen molar-refractivity contribution < 1.29 is 14.3 Å². The van der Waals surface area contributed by atoms with Crippen LogP contribution in [0.3, 0.4) is 0 Å². The van der Waals surface area contributed by atoms with Gasteiger partial charge in [-0.15, -0.1) is 0 Å². The molecule has 2 rings (SSSR count). The zero-order chi connectivity index (χ0) is 21.4. The number of carbonyl (C=O) groups excluding carboxylic acids is 1. The number of ether oxygens (including phenoxy) is 2. The number of carbonyl (C=O) groups is 1. The SMILES string of the molecule is CCNC(=NCC(C)CN(C)C(=O)OC(C)(C)C)N1CCC(N2CCOCC2)C1. The molecule has 0 aromatic heterocycles. The lowest BCUT2D eigenvalue weighted by atomic mass is 10.2. The van der Waals surface area contributed by atoms with Crippen molar-refractivity contribution in [2.24, 2.45) is 10.9 Å². The van der Waals surface area contributed by atoms with E-state index in [1.165, 1.54) is 6.42 Å². The van der Waals surface area contributed by atoms with E-state index >= 15 is 0 Å². The average molecular weight is 412 g/mol. The zero-order valence-electron chi connectivity index (χ0n) is 19.2. The molecule has 8 nitrogen and oxygen atoms in total. The third-order valence-electron chi connectivity index (χ3n) is 5.20. The Kier molecular flexibility index (Phi) is 9.02.